The molecule has 1 aliphatic carbocycles. The molecule has 4 rings (SSSR count). The van der Waals surface area contributed by atoms with Gasteiger partial charge in [0.2, 0.25) is 0 Å². The monoisotopic (exact) mass is 403 g/mol. The number of hydrogen-bond donors (Lipinski definition) is 0. The average molecular weight is 404 g/mol. The Bertz CT molecular complexity index is 984. The van der Waals surface area contributed by atoms with Crippen LogP contribution in [0.2, 0.25) is 5.02 Å². The second-order valence-corrected chi connectivity index (χ2v) is 6.96. The summed E-state index contributed by atoms with van der Waals surface area (Å²) in [5, 5.41) is -0.178. The molecule has 1 aliphatic heterocycles. The Hall–Kier alpha value is -2.93. The highest BCUT2D eigenvalue weighted by Crippen LogP contribution is 2.38. The van der Waals surface area contributed by atoms with Crippen LogP contribution in [0.3, 0.4) is 0 Å². The maximum Gasteiger partial charge on any atom is 0.340 e. The Morgan fingerprint density at radius 3 is 2.46 bits per heavy atom. The van der Waals surface area contributed by atoms with Gasteiger partial charge in [-0.3, -0.25) is 9.59 Å². The van der Waals surface area contributed by atoms with Crippen LogP contribution in [0.1, 0.15) is 41.8 Å². The number of amides is 2. The zero-order chi connectivity index (χ0) is 19.8. The lowest BCUT2D eigenvalue weighted by atomic mass is 9.93. The van der Waals surface area contributed by atoms with E-state index in [1.807, 2.05) is 0 Å². The molecule has 0 atom stereocenters. The predicted molar refractivity (Wildman–Crippen MR) is 97.2 cm³/mol. The van der Waals surface area contributed by atoms with Gasteiger partial charge in [-0.1, -0.05) is 11.6 Å². The standard InChI is InChI=1S/C20H15ClFNO5/c21-15-9-16(22)17(8-14(15)20(26)28-10-11-4-3-7-27-11)23-18(24)12-5-1-2-6-13(12)19(23)25/h3-4,7-9H,1-2,5-6,10H2. The van der Waals surface area contributed by atoms with Crippen molar-refractivity contribution in [1.82, 2.24) is 0 Å². The van der Waals surface area contributed by atoms with Gasteiger partial charge in [0.1, 0.15) is 18.2 Å². The van der Waals surface area contributed by atoms with Crippen LogP contribution in [0.4, 0.5) is 10.1 Å². The fourth-order valence-electron chi connectivity index (χ4n) is 3.43. The van der Waals surface area contributed by atoms with E-state index in [2.05, 4.69) is 0 Å². The van der Waals surface area contributed by atoms with Gasteiger partial charge in [0.05, 0.1) is 22.5 Å². The smallest absolute Gasteiger partial charge is 0.340 e. The van der Waals surface area contributed by atoms with Gasteiger partial charge >= 0.3 is 5.97 Å². The molecule has 0 saturated heterocycles. The van der Waals surface area contributed by atoms with Crippen molar-refractivity contribution in [2.75, 3.05) is 4.90 Å². The number of carbonyl (C=O) groups is 3. The lowest BCUT2D eigenvalue weighted by molar-refractivity contribution is -0.120. The third-order valence-electron chi connectivity index (χ3n) is 4.81. The van der Waals surface area contributed by atoms with Crippen LogP contribution in [-0.4, -0.2) is 17.8 Å². The summed E-state index contributed by atoms with van der Waals surface area (Å²) >= 11 is 6.00. The predicted octanol–water partition coefficient (Wildman–Crippen LogP) is 4.17. The number of anilines is 1. The summed E-state index contributed by atoms with van der Waals surface area (Å²) in [6.45, 7) is -0.133. The number of halogens is 2. The van der Waals surface area contributed by atoms with Gasteiger partial charge in [-0.15, -0.1) is 0 Å². The molecule has 2 aliphatic rings. The van der Waals surface area contributed by atoms with Crippen LogP contribution >= 0.6 is 11.6 Å². The van der Waals surface area contributed by atoms with Gasteiger partial charge in [0.15, 0.2) is 0 Å². The molecule has 0 N–H and O–H groups in total. The Labute approximate surface area is 164 Å². The molecule has 0 radical (unpaired) electrons. The second kappa shape index (κ2) is 7.24. The minimum atomic E-state index is -0.867. The van der Waals surface area contributed by atoms with Crippen molar-refractivity contribution < 1.29 is 27.9 Å². The van der Waals surface area contributed by atoms with E-state index < -0.39 is 23.6 Å². The van der Waals surface area contributed by atoms with Crippen LogP contribution in [-0.2, 0) is 20.9 Å². The minimum absolute atomic E-state index is 0.133. The topological polar surface area (TPSA) is 76.8 Å². The first-order chi connectivity index (χ1) is 13.5. The van der Waals surface area contributed by atoms with Gasteiger partial charge in [0, 0.05) is 11.1 Å². The number of hydrogen-bond acceptors (Lipinski definition) is 5. The fraction of sp³-hybridized carbons (Fsp3) is 0.250. The lowest BCUT2D eigenvalue weighted by Crippen LogP contribution is -2.32. The van der Waals surface area contributed by atoms with Crippen molar-refractivity contribution in [3.05, 3.63) is 63.8 Å². The maximum absolute atomic E-state index is 14.6. The van der Waals surface area contributed by atoms with Crippen molar-refractivity contribution in [1.29, 1.82) is 0 Å². The average Bonchev–Trinajstić information content (AvgIpc) is 3.28. The molecule has 144 valence electrons. The summed E-state index contributed by atoms with van der Waals surface area (Å²) < 4.78 is 24.8. The third-order valence-corrected chi connectivity index (χ3v) is 5.13. The molecule has 8 heteroatoms. The molecule has 0 fully saturated rings. The van der Waals surface area contributed by atoms with E-state index in [-0.39, 0.29) is 22.9 Å². The highest BCUT2D eigenvalue weighted by molar-refractivity contribution is 6.35. The van der Waals surface area contributed by atoms with E-state index in [1.54, 1.807) is 12.1 Å². The van der Waals surface area contributed by atoms with E-state index in [0.29, 0.717) is 29.7 Å². The number of ether oxygens (including phenoxy) is 1. The summed E-state index contributed by atoms with van der Waals surface area (Å²) in [6.07, 6.45) is 4.02. The molecule has 2 aromatic rings. The molecule has 1 aromatic heterocycles. The number of furan rings is 1. The maximum atomic E-state index is 14.6. The summed E-state index contributed by atoms with van der Waals surface area (Å²) in [7, 11) is 0. The molecular formula is C20H15ClFNO5. The van der Waals surface area contributed by atoms with Crippen molar-refractivity contribution in [2.24, 2.45) is 0 Å². The van der Waals surface area contributed by atoms with Crippen LogP contribution < -0.4 is 4.90 Å². The normalized spacial score (nSPS) is 16.6. The summed E-state index contributed by atoms with van der Waals surface area (Å²) in [5.41, 5.74) is 0.397. The van der Waals surface area contributed by atoms with E-state index in [9.17, 15) is 18.8 Å². The number of esters is 1. The van der Waals surface area contributed by atoms with Gasteiger partial charge in [-0.25, -0.2) is 14.1 Å². The number of nitrogens with zero attached hydrogens (tertiary/aromatic N) is 1. The van der Waals surface area contributed by atoms with Crippen LogP contribution in [0.5, 0.6) is 0 Å². The molecule has 0 unspecified atom stereocenters. The number of rotatable bonds is 4. The third kappa shape index (κ3) is 3.11. The minimum Gasteiger partial charge on any atom is -0.466 e. The first-order valence-electron chi connectivity index (χ1n) is 8.76. The number of benzene rings is 1. The zero-order valence-electron chi connectivity index (χ0n) is 14.7. The molecule has 0 bridgehead atoms. The van der Waals surface area contributed by atoms with Crippen LogP contribution in [0.25, 0.3) is 0 Å². The molecule has 0 saturated carbocycles. The van der Waals surface area contributed by atoms with E-state index in [1.165, 1.54) is 6.26 Å². The lowest BCUT2D eigenvalue weighted by Gasteiger charge is -2.17. The Morgan fingerprint density at radius 1 is 1.18 bits per heavy atom. The van der Waals surface area contributed by atoms with Gasteiger partial charge in [-0.05, 0) is 49.9 Å². The zero-order valence-corrected chi connectivity index (χ0v) is 15.4. The molecule has 1 aromatic carbocycles. The Kier molecular flexibility index (Phi) is 4.77. The van der Waals surface area contributed by atoms with E-state index >= 15 is 0 Å². The second-order valence-electron chi connectivity index (χ2n) is 6.55. The first-order valence-corrected chi connectivity index (χ1v) is 9.14. The number of carbonyl (C=O) groups excluding carboxylic acids is 3. The van der Waals surface area contributed by atoms with Crippen molar-refractivity contribution in [3.8, 4) is 0 Å². The van der Waals surface area contributed by atoms with E-state index in [4.69, 9.17) is 20.8 Å². The first kappa shape index (κ1) is 18.4. The van der Waals surface area contributed by atoms with Crippen molar-refractivity contribution in [2.45, 2.75) is 32.3 Å². The Balaban J connectivity index is 1.63. The van der Waals surface area contributed by atoms with Gasteiger partial charge in [-0.2, -0.15) is 0 Å². The van der Waals surface area contributed by atoms with Gasteiger partial charge in [0.25, 0.3) is 11.8 Å². The molecule has 2 amide bonds. The fourth-order valence-corrected chi connectivity index (χ4v) is 3.66. The van der Waals surface area contributed by atoms with Gasteiger partial charge < -0.3 is 9.15 Å². The van der Waals surface area contributed by atoms with Crippen molar-refractivity contribution in [3.63, 3.8) is 0 Å². The SMILES string of the molecule is O=C(OCc1ccco1)c1cc(N2C(=O)C3=C(CCCC3)C2=O)c(F)cc1Cl. The van der Waals surface area contributed by atoms with Crippen molar-refractivity contribution >= 4 is 35.1 Å². The highest BCUT2D eigenvalue weighted by atomic mass is 35.5. The molecule has 0 spiro atoms. The molecule has 2 heterocycles. The highest BCUT2D eigenvalue weighted by Gasteiger charge is 2.41. The van der Waals surface area contributed by atoms with Crippen LogP contribution in [0.15, 0.2) is 46.1 Å². The number of imide groups is 1. The Morgan fingerprint density at radius 2 is 1.86 bits per heavy atom. The van der Waals surface area contributed by atoms with E-state index in [0.717, 1.165) is 29.9 Å². The quantitative estimate of drug-likeness (QED) is 0.565. The summed E-state index contributed by atoms with van der Waals surface area (Å²) in [5.74, 6) is -2.35. The summed E-state index contributed by atoms with van der Waals surface area (Å²) in [6, 6.07) is 5.25. The molecule has 6 nitrogen and oxygen atoms in total. The van der Waals surface area contributed by atoms with Crippen LogP contribution in [0, 0.1) is 5.82 Å². The summed E-state index contributed by atoms with van der Waals surface area (Å²) in [4.78, 5) is 38.5. The molecular weight excluding hydrogens is 389 g/mol. The largest absolute Gasteiger partial charge is 0.466 e. The molecule has 28 heavy (non-hydrogen) atoms.